The molecule has 0 spiro atoms. The third-order valence-corrected chi connectivity index (χ3v) is 3.03. The molecule has 2 heterocycles. The SMILES string of the molecule is CCc1nc2n(c1C(=O)O)CC[C@H](C)C2. The fraction of sp³-hybridized carbons (Fsp3) is 0.636. The van der Waals surface area contributed by atoms with Crippen LogP contribution in [0.4, 0.5) is 0 Å². The number of carboxylic acid groups (broad SMARTS) is 1. The maximum absolute atomic E-state index is 11.1. The van der Waals surface area contributed by atoms with Crippen molar-refractivity contribution in [1.82, 2.24) is 9.55 Å². The second-order valence-corrected chi connectivity index (χ2v) is 4.23. The molecule has 15 heavy (non-hydrogen) atoms. The number of hydrogen-bond acceptors (Lipinski definition) is 2. The van der Waals surface area contributed by atoms with E-state index in [1.54, 1.807) is 0 Å². The molecular weight excluding hydrogens is 192 g/mol. The van der Waals surface area contributed by atoms with E-state index in [2.05, 4.69) is 11.9 Å². The zero-order valence-electron chi connectivity index (χ0n) is 9.16. The molecule has 0 aromatic carbocycles. The van der Waals surface area contributed by atoms with Gasteiger partial charge in [-0.05, 0) is 18.8 Å². The second kappa shape index (κ2) is 3.68. The molecule has 4 heteroatoms. The van der Waals surface area contributed by atoms with Crippen LogP contribution in [-0.4, -0.2) is 20.6 Å². The van der Waals surface area contributed by atoms with Crippen molar-refractivity contribution in [2.45, 2.75) is 39.7 Å². The highest BCUT2D eigenvalue weighted by atomic mass is 16.4. The van der Waals surface area contributed by atoms with E-state index >= 15 is 0 Å². The smallest absolute Gasteiger partial charge is 0.354 e. The third-order valence-electron chi connectivity index (χ3n) is 3.03. The summed E-state index contributed by atoms with van der Waals surface area (Å²) < 4.78 is 1.88. The molecule has 82 valence electrons. The minimum absolute atomic E-state index is 0.402. The average Bonchev–Trinajstić information content (AvgIpc) is 2.54. The lowest BCUT2D eigenvalue weighted by Gasteiger charge is -2.20. The van der Waals surface area contributed by atoms with E-state index < -0.39 is 5.97 Å². The highest BCUT2D eigenvalue weighted by Crippen LogP contribution is 2.23. The summed E-state index contributed by atoms with van der Waals surface area (Å²) >= 11 is 0. The second-order valence-electron chi connectivity index (χ2n) is 4.23. The van der Waals surface area contributed by atoms with Crippen molar-refractivity contribution in [3.63, 3.8) is 0 Å². The van der Waals surface area contributed by atoms with E-state index in [9.17, 15) is 4.79 Å². The van der Waals surface area contributed by atoms with E-state index in [1.807, 2.05) is 11.5 Å². The summed E-state index contributed by atoms with van der Waals surface area (Å²) in [6, 6.07) is 0. The summed E-state index contributed by atoms with van der Waals surface area (Å²) in [5, 5.41) is 9.15. The van der Waals surface area contributed by atoms with Gasteiger partial charge in [-0.25, -0.2) is 9.78 Å². The largest absolute Gasteiger partial charge is 0.477 e. The molecule has 2 rings (SSSR count). The summed E-state index contributed by atoms with van der Waals surface area (Å²) in [6.45, 7) is 4.93. The van der Waals surface area contributed by atoms with Gasteiger partial charge in [0.05, 0.1) is 5.69 Å². The fourth-order valence-electron chi connectivity index (χ4n) is 2.20. The summed E-state index contributed by atoms with van der Waals surface area (Å²) in [4.78, 5) is 15.6. The Hall–Kier alpha value is -1.32. The number of aryl methyl sites for hydroxylation is 1. The van der Waals surface area contributed by atoms with Crippen molar-refractivity contribution in [3.8, 4) is 0 Å². The van der Waals surface area contributed by atoms with Gasteiger partial charge in [-0.1, -0.05) is 13.8 Å². The molecule has 0 bridgehead atoms. The number of hydrogen-bond donors (Lipinski definition) is 1. The maximum atomic E-state index is 11.1. The minimum Gasteiger partial charge on any atom is -0.477 e. The van der Waals surface area contributed by atoms with Gasteiger partial charge >= 0.3 is 5.97 Å². The molecule has 1 aliphatic rings. The molecule has 1 atom stereocenters. The van der Waals surface area contributed by atoms with Gasteiger partial charge in [-0.3, -0.25) is 0 Å². The van der Waals surface area contributed by atoms with Crippen LogP contribution in [-0.2, 0) is 19.4 Å². The summed E-state index contributed by atoms with van der Waals surface area (Å²) in [5.74, 6) is 0.717. The van der Waals surface area contributed by atoms with Gasteiger partial charge in [0, 0.05) is 13.0 Å². The first-order valence-electron chi connectivity index (χ1n) is 5.45. The maximum Gasteiger partial charge on any atom is 0.354 e. The van der Waals surface area contributed by atoms with Crippen LogP contribution in [0, 0.1) is 5.92 Å². The first kappa shape index (κ1) is 10.2. The summed E-state index contributed by atoms with van der Waals surface area (Å²) in [6.07, 6.45) is 2.64. The molecule has 0 aliphatic carbocycles. The number of carboxylic acids is 1. The van der Waals surface area contributed by atoms with Gasteiger partial charge < -0.3 is 9.67 Å². The number of aromatic carboxylic acids is 1. The number of imidazole rings is 1. The zero-order valence-corrected chi connectivity index (χ0v) is 9.16. The van der Waals surface area contributed by atoms with Crippen LogP contribution in [0.3, 0.4) is 0 Å². The van der Waals surface area contributed by atoms with Gasteiger partial charge in [-0.15, -0.1) is 0 Å². The molecule has 0 saturated carbocycles. The molecule has 1 N–H and O–H groups in total. The monoisotopic (exact) mass is 208 g/mol. The molecular formula is C11H16N2O2. The van der Waals surface area contributed by atoms with Gasteiger partial charge in [0.2, 0.25) is 0 Å². The van der Waals surface area contributed by atoms with Crippen LogP contribution < -0.4 is 0 Å². The van der Waals surface area contributed by atoms with E-state index in [0.717, 1.165) is 30.9 Å². The Kier molecular flexibility index (Phi) is 2.50. The third kappa shape index (κ3) is 1.64. The fourth-order valence-corrected chi connectivity index (χ4v) is 2.20. The van der Waals surface area contributed by atoms with Crippen LogP contribution in [0.1, 0.15) is 42.3 Å². The van der Waals surface area contributed by atoms with Crippen molar-refractivity contribution < 1.29 is 9.90 Å². The Balaban J connectivity index is 2.49. The predicted molar refractivity (Wildman–Crippen MR) is 56.0 cm³/mol. The highest BCUT2D eigenvalue weighted by Gasteiger charge is 2.25. The number of fused-ring (bicyclic) bond motifs is 1. The first-order chi connectivity index (χ1) is 7.13. The highest BCUT2D eigenvalue weighted by molar-refractivity contribution is 5.87. The first-order valence-corrected chi connectivity index (χ1v) is 5.45. The predicted octanol–water partition coefficient (Wildman–Crippen LogP) is 1.73. The van der Waals surface area contributed by atoms with Crippen LogP contribution in [0.25, 0.3) is 0 Å². The van der Waals surface area contributed by atoms with Crippen LogP contribution in [0.15, 0.2) is 0 Å². The Bertz CT molecular complexity index is 396. The molecule has 1 aromatic heterocycles. The molecule has 0 fully saturated rings. The normalized spacial score (nSPS) is 20.0. The molecule has 4 nitrogen and oxygen atoms in total. The summed E-state index contributed by atoms with van der Waals surface area (Å²) in [5.41, 5.74) is 1.13. The van der Waals surface area contributed by atoms with Crippen molar-refractivity contribution in [1.29, 1.82) is 0 Å². The molecule has 0 saturated heterocycles. The van der Waals surface area contributed by atoms with E-state index in [4.69, 9.17) is 5.11 Å². The van der Waals surface area contributed by atoms with E-state index in [1.165, 1.54) is 0 Å². The van der Waals surface area contributed by atoms with Crippen LogP contribution in [0.5, 0.6) is 0 Å². The Morgan fingerprint density at radius 3 is 3.00 bits per heavy atom. The van der Waals surface area contributed by atoms with Crippen LogP contribution in [0.2, 0.25) is 0 Å². The summed E-state index contributed by atoms with van der Waals surface area (Å²) in [7, 11) is 0. The number of carbonyl (C=O) groups is 1. The number of rotatable bonds is 2. The van der Waals surface area contributed by atoms with Crippen molar-refractivity contribution in [3.05, 3.63) is 17.2 Å². The zero-order chi connectivity index (χ0) is 11.0. The van der Waals surface area contributed by atoms with Crippen LogP contribution >= 0.6 is 0 Å². The standard InChI is InChI=1S/C11H16N2O2/c1-3-8-10(11(14)15)13-5-4-7(2)6-9(13)12-8/h7H,3-6H2,1-2H3,(H,14,15)/t7-/m0/s1. The average molecular weight is 208 g/mol. The van der Waals surface area contributed by atoms with Gasteiger partial charge in [0.15, 0.2) is 5.69 Å². The molecule has 0 amide bonds. The Morgan fingerprint density at radius 2 is 2.40 bits per heavy atom. The lowest BCUT2D eigenvalue weighted by molar-refractivity contribution is 0.0682. The van der Waals surface area contributed by atoms with Gasteiger partial charge in [-0.2, -0.15) is 0 Å². The molecule has 0 radical (unpaired) electrons. The van der Waals surface area contributed by atoms with E-state index in [-0.39, 0.29) is 0 Å². The topological polar surface area (TPSA) is 55.1 Å². The Labute approximate surface area is 88.9 Å². The molecule has 1 aromatic rings. The number of aromatic nitrogens is 2. The van der Waals surface area contributed by atoms with Crippen molar-refractivity contribution in [2.24, 2.45) is 5.92 Å². The van der Waals surface area contributed by atoms with Crippen molar-refractivity contribution in [2.75, 3.05) is 0 Å². The molecule has 1 aliphatic heterocycles. The van der Waals surface area contributed by atoms with Crippen molar-refractivity contribution >= 4 is 5.97 Å². The minimum atomic E-state index is -0.847. The lowest BCUT2D eigenvalue weighted by Crippen LogP contribution is -2.20. The van der Waals surface area contributed by atoms with E-state index in [0.29, 0.717) is 18.0 Å². The van der Waals surface area contributed by atoms with Gasteiger partial charge in [0.25, 0.3) is 0 Å². The number of nitrogens with zero attached hydrogens (tertiary/aromatic N) is 2. The van der Waals surface area contributed by atoms with Gasteiger partial charge in [0.1, 0.15) is 5.82 Å². The lowest BCUT2D eigenvalue weighted by atomic mass is 10.0. The quantitative estimate of drug-likeness (QED) is 0.805. The Morgan fingerprint density at radius 1 is 1.67 bits per heavy atom. The molecule has 0 unspecified atom stereocenters.